The fourth-order valence-electron chi connectivity index (χ4n) is 4.97. The van der Waals surface area contributed by atoms with Crippen molar-refractivity contribution in [2.45, 2.75) is 40.2 Å². The molecule has 2 aromatic carbocycles. The van der Waals surface area contributed by atoms with Crippen LogP contribution in [0.15, 0.2) is 63.5 Å². The van der Waals surface area contributed by atoms with Gasteiger partial charge in [0.15, 0.2) is 4.80 Å². The number of carbonyl (C=O) groups is 1. The number of para-hydroxylation sites is 1. The highest BCUT2D eigenvalue weighted by atomic mass is 32.1. The van der Waals surface area contributed by atoms with E-state index < -0.39 is 12.0 Å². The van der Waals surface area contributed by atoms with Crippen molar-refractivity contribution in [1.29, 1.82) is 0 Å². The third-order valence-electron chi connectivity index (χ3n) is 7.07. The number of esters is 1. The van der Waals surface area contributed by atoms with Crippen LogP contribution in [-0.2, 0) is 14.3 Å². The Labute approximate surface area is 250 Å². The second-order valence-electron chi connectivity index (χ2n) is 9.70. The maximum absolute atomic E-state index is 14.1. The number of rotatable bonds is 13. The molecular weight excluding hydrogens is 554 g/mol. The topological polar surface area (TPSA) is 91.6 Å². The summed E-state index contributed by atoms with van der Waals surface area (Å²) in [6.07, 6.45) is 2.63. The molecular formula is C32H39N3O6S. The average molecular weight is 594 g/mol. The number of fused-ring (bicyclic) bond motifs is 1. The monoisotopic (exact) mass is 593 g/mol. The Morgan fingerprint density at radius 1 is 1.05 bits per heavy atom. The molecule has 0 fully saturated rings. The third kappa shape index (κ3) is 6.44. The summed E-state index contributed by atoms with van der Waals surface area (Å²) in [7, 11) is 3.16. The average Bonchev–Trinajstić information content (AvgIpc) is 3.30. The number of benzene rings is 2. The summed E-state index contributed by atoms with van der Waals surface area (Å²) in [4.78, 5) is 35.0. The summed E-state index contributed by atoms with van der Waals surface area (Å²) < 4.78 is 24.4. The normalized spacial score (nSPS) is 14.8. The molecule has 2 heterocycles. The molecule has 0 N–H and O–H groups in total. The smallest absolute Gasteiger partial charge is 0.338 e. The summed E-state index contributed by atoms with van der Waals surface area (Å²) >= 11 is 1.27. The molecule has 3 aromatic rings. The number of hydrogen-bond acceptors (Lipinski definition) is 9. The molecule has 42 heavy (non-hydrogen) atoms. The molecule has 0 saturated carbocycles. The summed E-state index contributed by atoms with van der Waals surface area (Å²) in [5.74, 6) is 0.717. The first-order valence-electron chi connectivity index (χ1n) is 14.2. The largest absolute Gasteiger partial charge is 0.496 e. The lowest BCUT2D eigenvalue weighted by Crippen LogP contribution is -2.40. The van der Waals surface area contributed by atoms with Crippen LogP contribution in [0.5, 0.6) is 11.5 Å². The van der Waals surface area contributed by atoms with Crippen LogP contribution >= 0.6 is 11.3 Å². The van der Waals surface area contributed by atoms with Crippen molar-refractivity contribution in [3.05, 3.63) is 84.5 Å². The zero-order valence-corrected chi connectivity index (χ0v) is 26.0. The van der Waals surface area contributed by atoms with Crippen molar-refractivity contribution in [3.63, 3.8) is 0 Å². The van der Waals surface area contributed by atoms with Crippen LogP contribution in [0.2, 0.25) is 0 Å². The van der Waals surface area contributed by atoms with Gasteiger partial charge in [-0.05, 0) is 51.5 Å². The molecule has 1 aliphatic rings. The predicted molar refractivity (Wildman–Crippen MR) is 165 cm³/mol. The van der Waals surface area contributed by atoms with E-state index in [1.807, 2.05) is 55.5 Å². The number of methoxy groups -OCH3 is 2. The molecule has 1 aliphatic heterocycles. The number of anilines is 1. The highest BCUT2D eigenvalue weighted by molar-refractivity contribution is 7.07. The van der Waals surface area contributed by atoms with E-state index in [1.54, 1.807) is 25.7 Å². The van der Waals surface area contributed by atoms with Crippen LogP contribution in [0.25, 0.3) is 6.08 Å². The SMILES string of the molecule is CCCOc1ccccc1[C@@H]1C(C(=O)OCCOC)=C(C)N=c2s/c(=C/c3ccc(N(CC)CC)cc3OC)c(=O)n21. The molecule has 10 heteroatoms. The molecule has 4 rings (SSSR count). The molecule has 1 aromatic heterocycles. The fraction of sp³-hybridized carbons (Fsp3) is 0.406. The van der Waals surface area contributed by atoms with Gasteiger partial charge in [0.2, 0.25) is 0 Å². The summed E-state index contributed by atoms with van der Waals surface area (Å²) in [6, 6.07) is 12.7. The van der Waals surface area contributed by atoms with Gasteiger partial charge in [-0.3, -0.25) is 9.36 Å². The molecule has 0 amide bonds. The van der Waals surface area contributed by atoms with Crippen molar-refractivity contribution in [2.75, 3.05) is 52.0 Å². The predicted octanol–water partition coefficient (Wildman–Crippen LogP) is 4.07. The first-order valence-corrected chi connectivity index (χ1v) is 15.0. The van der Waals surface area contributed by atoms with Crippen molar-refractivity contribution in [3.8, 4) is 11.5 Å². The second-order valence-corrected chi connectivity index (χ2v) is 10.7. The third-order valence-corrected chi connectivity index (χ3v) is 8.05. The van der Waals surface area contributed by atoms with E-state index in [9.17, 15) is 9.59 Å². The van der Waals surface area contributed by atoms with E-state index >= 15 is 0 Å². The van der Waals surface area contributed by atoms with E-state index in [0.717, 1.165) is 30.8 Å². The van der Waals surface area contributed by atoms with E-state index in [4.69, 9.17) is 23.9 Å². The number of nitrogens with zero attached hydrogens (tertiary/aromatic N) is 3. The Bertz CT molecular complexity index is 1620. The van der Waals surface area contributed by atoms with Crippen LogP contribution < -0.4 is 29.3 Å². The molecule has 1 atom stereocenters. The Morgan fingerprint density at radius 3 is 2.50 bits per heavy atom. The zero-order chi connectivity index (χ0) is 30.2. The maximum atomic E-state index is 14.1. The van der Waals surface area contributed by atoms with E-state index in [0.29, 0.717) is 44.3 Å². The molecule has 0 radical (unpaired) electrons. The number of hydrogen-bond donors (Lipinski definition) is 0. The maximum Gasteiger partial charge on any atom is 0.338 e. The molecule has 9 nitrogen and oxygen atoms in total. The van der Waals surface area contributed by atoms with Crippen LogP contribution in [0.4, 0.5) is 5.69 Å². The minimum absolute atomic E-state index is 0.0838. The van der Waals surface area contributed by atoms with Gasteiger partial charge in [-0.25, -0.2) is 9.79 Å². The van der Waals surface area contributed by atoms with Gasteiger partial charge in [0, 0.05) is 43.1 Å². The van der Waals surface area contributed by atoms with Gasteiger partial charge in [-0.1, -0.05) is 36.5 Å². The molecule has 0 spiro atoms. The van der Waals surface area contributed by atoms with Gasteiger partial charge in [0.25, 0.3) is 5.56 Å². The Morgan fingerprint density at radius 2 is 1.81 bits per heavy atom. The van der Waals surface area contributed by atoms with Gasteiger partial charge >= 0.3 is 5.97 Å². The van der Waals surface area contributed by atoms with Crippen LogP contribution in [-0.4, -0.2) is 57.7 Å². The highest BCUT2D eigenvalue weighted by Crippen LogP contribution is 2.36. The summed E-state index contributed by atoms with van der Waals surface area (Å²) in [5.41, 5.74) is 3.02. The molecule has 224 valence electrons. The van der Waals surface area contributed by atoms with Gasteiger partial charge in [-0.15, -0.1) is 0 Å². The quantitative estimate of drug-likeness (QED) is 0.218. The first kappa shape index (κ1) is 31.1. The molecule has 0 aliphatic carbocycles. The zero-order valence-electron chi connectivity index (χ0n) is 25.1. The highest BCUT2D eigenvalue weighted by Gasteiger charge is 2.35. The minimum Gasteiger partial charge on any atom is -0.496 e. The van der Waals surface area contributed by atoms with Crippen molar-refractivity contribution < 1.29 is 23.7 Å². The second kappa shape index (κ2) is 14.3. The lowest BCUT2D eigenvalue weighted by molar-refractivity contribution is -0.140. The summed E-state index contributed by atoms with van der Waals surface area (Å²) in [5, 5.41) is 0. The van der Waals surface area contributed by atoms with Crippen molar-refractivity contribution in [2.24, 2.45) is 4.99 Å². The standard InChI is InChI=1S/C32H39N3O6S/c1-7-16-40-25-13-11-10-12-24(25)29-28(31(37)41-18-17-38-5)21(4)33-32-35(29)30(36)27(42-32)19-22-14-15-23(20-26(22)39-6)34(8-2)9-3/h10-15,19-20,29H,7-9,16-18H2,1-6H3/b27-19+/t29-/m1/s1. The van der Waals surface area contributed by atoms with E-state index in [2.05, 4.69) is 18.7 Å². The number of thiazole rings is 1. The van der Waals surface area contributed by atoms with Gasteiger partial charge in [0.05, 0.1) is 36.1 Å². The van der Waals surface area contributed by atoms with Crippen LogP contribution in [0.3, 0.4) is 0 Å². The Balaban J connectivity index is 1.90. The van der Waals surface area contributed by atoms with Crippen molar-refractivity contribution >= 4 is 29.1 Å². The van der Waals surface area contributed by atoms with Crippen LogP contribution in [0.1, 0.15) is 51.3 Å². The fourth-order valence-corrected chi connectivity index (χ4v) is 6.01. The summed E-state index contributed by atoms with van der Waals surface area (Å²) in [6.45, 7) is 10.6. The number of ether oxygens (including phenoxy) is 4. The number of aromatic nitrogens is 1. The molecule has 0 bridgehead atoms. The van der Waals surface area contributed by atoms with Gasteiger partial charge in [-0.2, -0.15) is 0 Å². The van der Waals surface area contributed by atoms with Gasteiger partial charge < -0.3 is 23.8 Å². The minimum atomic E-state index is -0.779. The Kier molecular flexibility index (Phi) is 10.6. The lowest BCUT2D eigenvalue weighted by atomic mass is 9.95. The lowest BCUT2D eigenvalue weighted by Gasteiger charge is -2.26. The van der Waals surface area contributed by atoms with E-state index in [1.165, 1.54) is 11.3 Å². The Hall–Kier alpha value is -3.89. The van der Waals surface area contributed by atoms with Crippen LogP contribution in [0, 0.1) is 0 Å². The molecule has 0 unspecified atom stereocenters. The van der Waals surface area contributed by atoms with E-state index in [-0.39, 0.29) is 18.8 Å². The van der Waals surface area contributed by atoms with Gasteiger partial charge in [0.1, 0.15) is 24.1 Å². The number of allylic oxidation sites excluding steroid dienone is 1. The van der Waals surface area contributed by atoms with Crippen molar-refractivity contribution in [1.82, 2.24) is 4.57 Å². The number of carbonyl (C=O) groups excluding carboxylic acids is 1. The molecule has 0 saturated heterocycles. The first-order chi connectivity index (χ1) is 20.4.